The number of nitriles is 1. The Balaban J connectivity index is 2.73. The van der Waals surface area contributed by atoms with E-state index in [9.17, 15) is 0 Å². The van der Waals surface area contributed by atoms with Crippen LogP contribution >= 0.6 is 0 Å². The summed E-state index contributed by atoms with van der Waals surface area (Å²) < 4.78 is 0. The quantitative estimate of drug-likeness (QED) is 0.853. The fraction of sp³-hybridized carbons (Fsp3) is 0.588. The molecule has 0 aromatic heterocycles. The van der Waals surface area contributed by atoms with Gasteiger partial charge in [-0.3, -0.25) is 0 Å². The van der Waals surface area contributed by atoms with E-state index in [1.54, 1.807) is 0 Å². The lowest BCUT2D eigenvalue weighted by Crippen LogP contribution is -2.30. The molecule has 1 aromatic rings. The molecule has 0 bridgehead atoms. The van der Waals surface area contributed by atoms with Gasteiger partial charge in [0.05, 0.1) is 12.5 Å². The summed E-state index contributed by atoms with van der Waals surface area (Å²) in [5, 5.41) is 12.3. The van der Waals surface area contributed by atoms with E-state index in [1.807, 2.05) is 0 Å². The zero-order valence-corrected chi connectivity index (χ0v) is 12.8. The van der Waals surface area contributed by atoms with Crippen LogP contribution in [0.4, 0.5) is 0 Å². The van der Waals surface area contributed by atoms with Gasteiger partial charge < -0.3 is 5.32 Å². The first-order chi connectivity index (χ1) is 8.88. The van der Waals surface area contributed by atoms with Crippen molar-refractivity contribution in [3.8, 4) is 6.07 Å². The lowest BCUT2D eigenvalue weighted by Gasteiger charge is -2.23. The predicted molar refractivity (Wildman–Crippen MR) is 81.0 cm³/mol. The van der Waals surface area contributed by atoms with Crippen molar-refractivity contribution in [1.29, 1.82) is 5.26 Å². The topological polar surface area (TPSA) is 35.8 Å². The molecule has 0 spiro atoms. The molecule has 1 rings (SSSR count). The first-order valence-corrected chi connectivity index (χ1v) is 7.12. The van der Waals surface area contributed by atoms with Gasteiger partial charge in [-0.05, 0) is 29.9 Å². The molecular formula is C17H26N2. The molecule has 2 nitrogen and oxygen atoms in total. The first-order valence-electron chi connectivity index (χ1n) is 7.12. The Morgan fingerprint density at radius 2 is 1.79 bits per heavy atom. The fourth-order valence-corrected chi connectivity index (χ4v) is 2.15. The first kappa shape index (κ1) is 15.7. The van der Waals surface area contributed by atoms with Gasteiger partial charge in [0.15, 0.2) is 0 Å². The van der Waals surface area contributed by atoms with Crippen LogP contribution < -0.4 is 5.32 Å². The number of hydrogen-bond acceptors (Lipinski definition) is 2. The molecule has 0 amide bonds. The molecule has 1 N–H and O–H groups in total. The molecule has 0 saturated carbocycles. The van der Waals surface area contributed by atoms with Crippen molar-refractivity contribution in [2.75, 3.05) is 0 Å². The fourth-order valence-electron chi connectivity index (χ4n) is 2.15. The second-order valence-corrected chi connectivity index (χ2v) is 6.23. The van der Waals surface area contributed by atoms with Gasteiger partial charge in [0.25, 0.3) is 0 Å². The lowest BCUT2D eigenvalue weighted by atomic mass is 9.86. The van der Waals surface area contributed by atoms with E-state index in [-0.39, 0.29) is 17.5 Å². The van der Waals surface area contributed by atoms with Gasteiger partial charge in [0.2, 0.25) is 0 Å². The van der Waals surface area contributed by atoms with E-state index in [4.69, 9.17) is 5.26 Å². The smallest absolute Gasteiger partial charge is 0.0638 e. The van der Waals surface area contributed by atoms with Gasteiger partial charge in [0, 0.05) is 12.1 Å². The largest absolute Gasteiger partial charge is 0.306 e. The van der Waals surface area contributed by atoms with Crippen LogP contribution in [0.5, 0.6) is 0 Å². The Hall–Kier alpha value is -1.33. The molecule has 0 fully saturated rings. The molecular weight excluding hydrogens is 232 g/mol. The molecule has 0 radical (unpaired) electrons. The minimum atomic E-state index is 0.196. The molecule has 0 aliphatic heterocycles. The van der Waals surface area contributed by atoms with Crippen LogP contribution in [0, 0.1) is 11.3 Å². The summed E-state index contributed by atoms with van der Waals surface area (Å²) in [6, 6.07) is 11.6. The van der Waals surface area contributed by atoms with Crippen molar-refractivity contribution >= 4 is 0 Å². The molecule has 1 aromatic carbocycles. The minimum Gasteiger partial charge on any atom is -0.306 e. The van der Waals surface area contributed by atoms with Crippen LogP contribution in [0.3, 0.4) is 0 Å². The van der Waals surface area contributed by atoms with E-state index in [0.29, 0.717) is 6.42 Å². The highest BCUT2D eigenvalue weighted by atomic mass is 14.9. The minimum absolute atomic E-state index is 0.196. The van der Waals surface area contributed by atoms with Crippen molar-refractivity contribution < 1.29 is 0 Å². The molecule has 104 valence electrons. The summed E-state index contributed by atoms with van der Waals surface area (Å²) in [5.41, 5.74) is 2.83. The van der Waals surface area contributed by atoms with Gasteiger partial charge in [-0.2, -0.15) is 5.26 Å². The highest BCUT2D eigenvalue weighted by Gasteiger charge is 2.15. The zero-order valence-electron chi connectivity index (χ0n) is 12.8. The second kappa shape index (κ2) is 6.73. The van der Waals surface area contributed by atoms with E-state index in [0.717, 1.165) is 6.42 Å². The van der Waals surface area contributed by atoms with Crippen LogP contribution in [0.15, 0.2) is 24.3 Å². The summed E-state index contributed by atoms with van der Waals surface area (Å²) in [7, 11) is 0. The van der Waals surface area contributed by atoms with Crippen molar-refractivity contribution in [2.45, 2.75) is 65.0 Å². The van der Waals surface area contributed by atoms with Crippen LogP contribution in [0.25, 0.3) is 0 Å². The Labute approximate surface area is 117 Å². The maximum atomic E-state index is 8.79. The van der Waals surface area contributed by atoms with Crippen LogP contribution in [-0.4, -0.2) is 6.04 Å². The second-order valence-electron chi connectivity index (χ2n) is 6.23. The summed E-state index contributed by atoms with van der Waals surface area (Å²) in [5.74, 6) is 0. The number of nitrogens with zero attached hydrogens (tertiary/aromatic N) is 1. The average Bonchev–Trinajstić information content (AvgIpc) is 2.37. The normalized spacial score (nSPS) is 14.7. The van der Waals surface area contributed by atoms with Crippen molar-refractivity contribution in [1.82, 2.24) is 5.32 Å². The molecule has 19 heavy (non-hydrogen) atoms. The summed E-state index contributed by atoms with van der Waals surface area (Å²) in [6.45, 7) is 11.0. The van der Waals surface area contributed by atoms with Crippen LogP contribution in [-0.2, 0) is 5.41 Å². The maximum absolute atomic E-state index is 8.79. The summed E-state index contributed by atoms with van der Waals surface area (Å²) in [6.07, 6.45) is 1.55. The van der Waals surface area contributed by atoms with Gasteiger partial charge in [-0.1, -0.05) is 52.0 Å². The molecule has 0 aliphatic carbocycles. The number of rotatable bonds is 5. The molecule has 2 atom stereocenters. The molecule has 2 unspecified atom stereocenters. The Kier molecular flexibility index (Phi) is 5.57. The third-order valence-electron chi connectivity index (χ3n) is 3.59. The maximum Gasteiger partial charge on any atom is 0.0638 e. The van der Waals surface area contributed by atoms with Crippen molar-refractivity contribution in [2.24, 2.45) is 0 Å². The highest BCUT2D eigenvalue weighted by Crippen LogP contribution is 2.24. The molecule has 0 aliphatic rings. The van der Waals surface area contributed by atoms with Crippen molar-refractivity contribution in [3.63, 3.8) is 0 Å². The van der Waals surface area contributed by atoms with Crippen LogP contribution in [0.1, 0.15) is 64.6 Å². The van der Waals surface area contributed by atoms with E-state index < -0.39 is 0 Å². The molecule has 0 saturated heterocycles. The van der Waals surface area contributed by atoms with Crippen molar-refractivity contribution in [3.05, 3.63) is 35.4 Å². The average molecular weight is 258 g/mol. The number of nitrogens with one attached hydrogen (secondary N) is 1. The monoisotopic (exact) mass is 258 g/mol. The van der Waals surface area contributed by atoms with E-state index in [2.05, 4.69) is 70.3 Å². The van der Waals surface area contributed by atoms with Gasteiger partial charge in [-0.15, -0.1) is 0 Å². The van der Waals surface area contributed by atoms with Gasteiger partial charge >= 0.3 is 0 Å². The summed E-state index contributed by atoms with van der Waals surface area (Å²) >= 11 is 0. The lowest BCUT2D eigenvalue weighted by molar-refractivity contribution is 0.447. The Bertz CT molecular complexity index is 420. The van der Waals surface area contributed by atoms with Gasteiger partial charge in [0.1, 0.15) is 0 Å². The zero-order chi connectivity index (χ0) is 14.5. The third-order valence-corrected chi connectivity index (χ3v) is 3.59. The van der Waals surface area contributed by atoms with E-state index >= 15 is 0 Å². The molecule has 0 heterocycles. The standard InChI is InChI=1S/C17H26N2/c1-6-16(11-12-18)19-13(2)14-7-9-15(10-8-14)17(3,4)5/h7-10,13,16,19H,6,11H2,1-5H3. The highest BCUT2D eigenvalue weighted by molar-refractivity contribution is 5.29. The molecule has 2 heteroatoms. The Morgan fingerprint density at radius 1 is 1.21 bits per heavy atom. The number of benzene rings is 1. The SMILES string of the molecule is CCC(CC#N)NC(C)c1ccc(C(C)(C)C)cc1. The summed E-state index contributed by atoms with van der Waals surface area (Å²) in [4.78, 5) is 0. The van der Waals surface area contributed by atoms with Gasteiger partial charge in [-0.25, -0.2) is 0 Å². The Morgan fingerprint density at radius 3 is 2.21 bits per heavy atom. The van der Waals surface area contributed by atoms with Crippen LogP contribution in [0.2, 0.25) is 0 Å². The number of hydrogen-bond donors (Lipinski definition) is 1. The van der Waals surface area contributed by atoms with E-state index in [1.165, 1.54) is 11.1 Å². The predicted octanol–water partition coefficient (Wildman–Crippen LogP) is 4.33. The third kappa shape index (κ3) is 4.69.